The Balaban J connectivity index is 1.37. The Hall–Kier alpha value is -2.43. The van der Waals surface area contributed by atoms with Gasteiger partial charge >= 0.3 is 12.6 Å². The molecule has 0 saturated heterocycles. The molecule has 3 rings (SSSR count). The van der Waals surface area contributed by atoms with E-state index < -0.39 is 6.61 Å². The number of esters is 1. The molecule has 0 radical (unpaired) electrons. The zero-order valence-corrected chi connectivity index (χ0v) is 20.3. The summed E-state index contributed by atoms with van der Waals surface area (Å²) in [6, 6.07) is 13.8. The van der Waals surface area contributed by atoms with Gasteiger partial charge in [-0.25, -0.2) is 0 Å². The predicted molar refractivity (Wildman–Crippen MR) is 132 cm³/mol. The average Bonchev–Trinajstić information content (AvgIpc) is 2.84. The van der Waals surface area contributed by atoms with Crippen molar-refractivity contribution in [1.82, 2.24) is 0 Å². The summed E-state index contributed by atoms with van der Waals surface area (Å²) in [4.78, 5) is 12.6. The van der Waals surface area contributed by atoms with E-state index in [1.54, 1.807) is 24.3 Å². The van der Waals surface area contributed by atoms with Crippen molar-refractivity contribution in [1.29, 1.82) is 0 Å². The van der Waals surface area contributed by atoms with Crippen molar-refractivity contribution >= 4 is 5.97 Å². The first-order chi connectivity index (χ1) is 16.5. The fourth-order valence-electron chi connectivity index (χ4n) is 4.82. The lowest BCUT2D eigenvalue weighted by atomic mass is 9.80. The monoisotopic (exact) mass is 472 g/mol. The molecule has 5 heteroatoms. The molecular formula is C29H38F2O3. The smallest absolute Gasteiger partial charge is 0.387 e. The van der Waals surface area contributed by atoms with Crippen molar-refractivity contribution in [3.8, 4) is 22.6 Å². The second-order valence-corrected chi connectivity index (χ2v) is 9.48. The van der Waals surface area contributed by atoms with Crippen LogP contribution in [0, 0.1) is 11.8 Å². The number of carbonyl (C=O) groups excluding carboxylic acids is 1. The van der Waals surface area contributed by atoms with E-state index in [1.807, 2.05) is 12.1 Å². The minimum atomic E-state index is -2.83. The van der Waals surface area contributed by atoms with Crippen LogP contribution in [-0.4, -0.2) is 12.6 Å². The summed E-state index contributed by atoms with van der Waals surface area (Å²) < 4.78 is 34.6. The van der Waals surface area contributed by atoms with Crippen LogP contribution in [0.4, 0.5) is 8.78 Å². The van der Waals surface area contributed by atoms with Crippen LogP contribution in [0.1, 0.15) is 84.0 Å². The number of alkyl halides is 2. The Bertz CT molecular complexity index is 841. The van der Waals surface area contributed by atoms with E-state index in [-0.39, 0.29) is 17.6 Å². The Labute approximate surface area is 202 Å². The minimum absolute atomic E-state index is 0.00708. The molecule has 186 valence electrons. The van der Waals surface area contributed by atoms with Crippen molar-refractivity contribution in [3.05, 3.63) is 48.5 Å². The lowest BCUT2D eigenvalue weighted by Crippen LogP contribution is -2.25. The molecule has 3 nitrogen and oxygen atoms in total. The molecule has 2 aromatic rings. The highest BCUT2D eigenvalue weighted by atomic mass is 19.3. The number of benzene rings is 2. The van der Waals surface area contributed by atoms with Crippen molar-refractivity contribution in [2.75, 3.05) is 0 Å². The Kier molecular flexibility index (Phi) is 10.8. The molecular weight excluding hydrogens is 434 g/mol. The molecule has 1 fully saturated rings. The van der Waals surface area contributed by atoms with Gasteiger partial charge in [0.25, 0.3) is 0 Å². The summed E-state index contributed by atoms with van der Waals surface area (Å²) in [5.74, 6) is 1.29. The summed E-state index contributed by atoms with van der Waals surface area (Å²) in [6.45, 7) is -0.580. The maximum atomic E-state index is 12.6. The van der Waals surface area contributed by atoms with Crippen LogP contribution in [0.2, 0.25) is 0 Å². The van der Waals surface area contributed by atoms with Gasteiger partial charge in [0.2, 0.25) is 0 Å². The lowest BCUT2D eigenvalue weighted by Gasteiger charge is -2.27. The molecule has 0 heterocycles. The Morgan fingerprint density at radius 1 is 0.794 bits per heavy atom. The molecule has 34 heavy (non-hydrogen) atoms. The van der Waals surface area contributed by atoms with Gasteiger partial charge in [-0.3, -0.25) is 4.79 Å². The van der Waals surface area contributed by atoms with Crippen LogP contribution < -0.4 is 9.47 Å². The molecule has 0 spiro atoms. The van der Waals surface area contributed by atoms with E-state index in [9.17, 15) is 13.6 Å². The summed E-state index contributed by atoms with van der Waals surface area (Å²) in [6.07, 6.45) is 14.8. The van der Waals surface area contributed by atoms with Gasteiger partial charge in [-0.2, -0.15) is 8.78 Å². The molecule has 2 aromatic carbocycles. The van der Waals surface area contributed by atoms with Crippen LogP contribution in [0.15, 0.2) is 48.5 Å². The quantitative estimate of drug-likeness (QED) is 0.166. The minimum Gasteiger partial charge on any atom is -0.435 e. The van der Waals surface area contributed by atoms with Crippen molar-refractivity contribution < 1.29 is 23.0 Å². The van der Waals surface area contributed by atoms with Gasteiger partial charge in [-0.15, -0.1) is 0 Å². The van der Waals surface area contributed by atoms with Crippen molar-refractivity contribution in [2.45, 2.75) is 90.6 Å². The molecule has 0 atom stereocenters. The van der Waals surface area contributed by atoms with E-state index in [0.29, 0.717) is 5.75 Å². The summed E-state index contributed by atoms with van der Waals surface area (Å²) in [5.41, 5.74) is 1.79. The summed E-state index contributed by atoms with van der Waals surface area (Å²) in [7, 11) is 0. The molecule has 1 aliphatic rings. The zero-order chi connectivity index (χ0) is 24.2. The van der Waals surface area contributed by atoms with E-state index in [2.05, 4.69) is 11.7 Å². The summed E-state index contributed by atoms with van der Waals surface area (Å²) in [5, 5.41) is 0. The maximum Gasteiger partial charge on any atom is 0.387 e. The maximum absolute atomic E-state index is 12.6. The van der Waals surface area contributed by atoms with Gasteiger partial charge in [-0.1, -0.05) is 82.6 Å². The highest BCUT2D eigenvalue weighted by Gasteiger charge is 2.27. The SMILES string of the molecule is CCCCCCCCC[C@H]1CC[C@H](C(=O)Oc2ccc(-c3ccc(OC(F)F)cc3)cc2)CC1. The van der Waals surface area contributed by atoms with E-state index in [0.717, 1.165) is 42.7 Å². The fourth-order valence-corrected chi connectivity index (χ4v) is 4.82. The third-order valence-corrected chi connectivity index (χ3v) is 6.88. The van der Waals surface area contributed by atoms with Crippen LogP contribution in [0.5, 0.6) is 11.5 Å². The molecule has 0 aliphatic heterocycles. The molecule has 1 saturated carbocycles. The second kappa shape index (κ2) is 14.1. The van der Waals surface area contributed by atoms with Gasteiger partial charge < -0.3 is 9.47 Å². The van der Waals surface area contributed by atoms with E-state index in [4.69, 9.17) is 4.74 Å². The van der Waals surface area contributed by atoms with E-state index >= 15 is 0 Å². The number of rotatable bonds is 13. The van der Waals surface area contributed by atoms with Gasteiger partial charge in [0.05, 0.1) is 5.92 Å². The van der Waals surface area contributed by atoms with Gasteiger partial charge in [-0.05, 0) is 67.0 Å². The number of ether oxygens (including phenoxy) is 2. The molecule has 0 aromatic heterocycles. The molecule has 1 aliphatic carbocycles. The Morgan fingerprint density at radius 3 is 1.88 bits per heavy atom. The number of hydrogen-bond donors (Lipinski definition) is 0. The third kappa shape index (κ3) is 8.73. The third-order valence-electron chi connectivity index (χ3n) is 6.88. The predicted octanol–water partition coefficient (Wildman–Crippen LogP) is 8.81. The molecule has 0 unspecified atom stereocenters. The summed E-state index contributed by atoms with van der Waals surface area (Å²) >= 11 is 0. The zero-order valence-electron chi connectivity index (χ0n) is 20.3. The first-order valence-corrected chi connectivity index (χ1v) is 12.9. The van der Waals surface area contributed by atoms with Crippen LogP contribution in [0.3, 0.4) is 0 Å². The topological polar surface area (TPSA) is 35.5 Å². The normalized spacial score (nSPS) is 18.1. The van der Waals surface area contributed by atoms with Crippen molar-refractivity contribution in [3.63, 3.8) is 0 Å². The first kappa shape index (κ1) is 26.2. The van der Waals surface area contributed by atoms with Crippen LogP contribution >= 0.6 is 0 Å². The standard InChI is InChI=1S/C29H38F2O3/c1-2-3-4-5-6-7-8-9-22-10-12-25(13-11-22)28(32)33-26-18-14-23(15-19-26)24-16-20-27(21-17-24)34-29(30)31/h14-22,25,29H,2-13H2,1H3/t22-,25-. The largest absolute Gasteiger partial charge is 0.435 e. The van der Waals surface area contributed by atoms with E-state index in [1.165, 1.54) is 63.5 Å². The highest BCUT2D eigenvalue weighted by Crippen LogP contribution is 2.33. The number of carbonyl (C=O) groups is 1. The molecule has 0 bridgehead atoms. The van der Waals surface area contributed by atoms with Crippen LogP contribution in [0.25, 0.3) is 11.1 Å². The molecule has 0 amide bonds. The van der Waals surface area contributed by atoms with Gasteiger partial charge in [0.15, 0.2) is 0 Å². The second-order valence-electron chi connectivity index (χ2n) is 9.48. The number of unbranched alkanes of at least 4 members (excludes halogenated alkanes) is 6. The Morgan fingerprint density at radius 2 is 1.32 bits per heavy atom. The average molecular weight is 473 g/mol. The number of halogens is 2. The highest BCUT2D eigenvalue weighted by molar-refractivity contribution is 5.75. The number of hydrogen-bond acceptors (Lipinski definition) is 3. The van der Waals surface area contributed by atoms with Gasteiger partial charge in [0.1, 0.15) is 11.5 Å². The van der Waals surface area contributed by atoms with Crippen LogP contribution in [-0.2, 0) is 4.79 Å². The first-order valence-electron chi connectivity index (χ1n) is 12.9. The lowest BCUT2D eigenvalue weighted by molar-refractivity contribution is -0.140. The molecule has 0 N–H and O–H groups in total. The van der Waals surface area contributed by atoms with Gasteiger partial charge in [0, 0.05) is 0 Å². The fraction of sp³-hybridized carbons (Fsp3) is 0.552. The van der Waals surface area contributed by atoms with Crippen molar-refractivity contribution in [2.24, 2.45) is 11.8 Å².